The lowest BCUT2D eigenvalue weighted by molar-refractivity contribution is 0.414. The fourth-order valence-corrected chi connectivity index (χ4v) is 4.40. The minimum atomic E-state index is 0.648. The summed E-state index contributed by atoms with van der Waals surface area (Å²) in [5, 5.41) is 5.49. The molecule has 2 aliphatic carbocycles. The van der Waals surface area contributed by atoms with Gasteiger partial charge in [0.1, 0.15) is 17.3 Å². The molecule has 0 radical (unpaired) electrons. The van der Waals surface area contributed by atoms with Crippen LogP contribution in [0, 0.1) is 19.3 Å². The summed E-state index contributed by atoms with van der Waals surface area (Å²) in [7, 11) is 1.66. The molecule has 2 aliphatic rings. The third-order valence-corrected chi connectivity index (χ3v) is 6.32. The topological polar surface area (TPSA) is 51.5 Å². The van der Waals surface area contributed by atoms with Crippen LogP contribution in [0.1, 0.15) is 16.8 Å². The quantitative estimate of drug-likeness (QED) is 0.326. The number of benzene rings is 2. The molecule has 0 spiro atoms. The summed E-state index contributed by atoms with van der Waals surface area (Å²) >= 11 is 1.58. The van der Waals surface area contributed by atoms with Crippen molar-refractivity contribution in [3.8, 4) is 39.8 Å². The summed E-state index contributed by atoms with van der Waals surface area (Å²) < 4.78 is 7.19. The van der Waals surface area contributed by atoms with Gasteiger partial charge in [-0.3, -0.25) is 4.40 Å². The molecule has 0 unspecified atom stereocenters. The van der Waals surface area contributed by atoms with Crippen LogP contribution in [-0.4, -0.2) is 21.5 Å². The third-order valence-electron chi connectivity index (χ3n) is 5.40. The average Bonchev–Trinajstić information content (AvgIpc) is 3.19. The molecule has 6 rings (SSSR count). The minimum absolute atomic E-state index is 0.648. The SMILES string of the molecule is C#Cc1ccsc1-c1nc2nc(C)ccn2c1NCc1ccc(OC)cc1.c1cc2cc-2c1. The molecule has 4 aromatic rings. The van der Waals surface area contributed by atoms with Gasteiger partial charge in [-0.25, -0.2) is 9.97 Å². The van der Waals surface area contributed by atoms with Crippen LogP contribution >= 0.6 is 11.3 Å². The first-order chi connectivity index (χ1) is 16.2. The van der Waals surface area contributed by atoms with Crippen molar-refractivity contribution in [1.29, 1.82) is 0 Å². The lowest BCUT2D eigenvalue weighted by atomic mass is 10.2. The molecule has 3 aromatic heterocycles. The van der Waals surface area contributed by atoms with Crippen molar-refractivity contribution < 1.29 is 4.74 Å². The summed E-state index contributed by atoms with van der Waals surface area (Å²) in [6.07, 6.45) is 7.65. The number of terminal acetylenes is 1. The summed E-state index contributed by atoms with van der Waals surface area (Å²) in [5.74, 6) is 5.11. The maximum absolute atomic E-state index is 5.67. The van der Waals surface area contributed by atoms with Gasteiger partial charge in [0.05, 0.1) is 12.0 Å². The Hall–Kier alpha value is -4.08. The highest BCUT2D eigenvalue weighted by Gasteiger charge is 2.18. The summed E-state index contributed by atoms with van der Waals surface area (Å²) in [5.41, 5.74) is 6.58. The molecule has 33 heavy (non-hydrogen) atoms. The second kappa shape index (κ2) is 8.81. The van der Waals surface area contributed by atoms with Crippen LogP contribution in [0.3, 0.4) is 0 Å². The zero-order valence-corrected chi connectivity index (χ0v) is 19.2. The van der Waals surface area contributed by atoms with Gasteiger partial charge < -0.3 is 10.1 Å². The number of anilines is 1. The van der Waals surface area contributed by atoms with Crippen molar-refractivity contribution in [1.82, 2.24) is 14.4 Å². The van der Waals surface area contributed by atoms with Crippen molar-refractivity contribution >= 4 is 22.9 Å². The maximum Gasteiger partial charge on any atom is 0.236 e. The molecule has 0 fully saturated rings. The predicted molar refractivity (Wildman–Crippen MR) is 135 cm³/mol. The highest BCUT2D eigenvalue weighted by molar-refractivity contribution is 7.13. The van der Waals surface area contributed by atoms with Gasteiger partial charge in [-0.05, 0) is 59.3 Å². The Labute approximate surface area is 196 Å². The molecule has 6 heteroatoms. The van der Waals surface area contributed by atoms with E-state index in [4.69, 9.17) is 16.1 Å². The van der Waals surface area contributed by atoms with Gasteiger partial charge in [-0.1, -0.05) is 36.3 Å². The van der Waals surface area contributed by atoms with Gasteiger partial charge in [0.15, 0.2) is 0 Å². The Morgan fingerprint density at radius 3 is 2.48 bits per heavy atom. The van der Waals surface area contributed by atoms with E-state index >= 15 is 0 Å². The Morgan fingerprint density at radius 2 is 1.85 bits per heavy atom. The van der Waals surface area contributed by atoms with Gasteiger partial charge in [-0.2, -0.15) is 0 Å². The normalized spacial score (nSPS) is 10.8. The number of nitrogens with one attached hydrogen (secondary N) is 1. The highest BCUT2D eigenvalue weighted by Crippen LogP contribution is 2.35. The van der Waals surface area contributed by atoms with Crippen LogP contribution in [0.4, 0.5) is 5.82 Å². The van der Waals surface area contributed by atoms with Crippen LogP contribution in [-0.2, 0) is 6.54 Å². The highest BCUT2D eigenvalue weighted by atomic mass is 32.1. The van der Waals surface area contributed by atoms with E-state index in [0.717, 1.165) is 39.0 Å². The average molecular weight is 451 g/mol. The first-order valence-corrected chi connectivity index (χ1v) is 11.4. The van der Waals surface area contributed by atoms with Crippen molar-refractivity contribution in [2.24, 2.45) is 0 Å². The molecule has 0 amide bonds. The number of rotatable bonds is 5. The summed E-state index contributed by atoms with van der Waals surface area (Å²) in [6, 6.07) is 20.4. The van der Waals surface area contributed by atoms with Crippen LogP contribution in [0.2, 0.25) is 0 Å². The molecule has 0 aliphatic heterocycles. The number of ether oxygens (including phenoxy) is 1. The monoisotopic (exact) mass is 450 g/mol. The van der Waals surface area contributed by atoms with E-state index in [9.17, 15) is 0 Å². The number of hydrogen-bond acceptors (Lipinski definition) is 5. The number of hydrogen-bond donors (Lipinski definition) is 1. The fraction of sp³-hybridized carbons (Fsp3) is 0.111. The van der Waals surface area contributed by atoms with E-state index in [0.29, 0.717) is 12.3 Å². The number of aryl methyl sites for hydroxylation is 1. The smallest absolute Gasteiger partial charge is 0.236 e. The number of methoxy groups -OCH3 is 1. The van der Waals surface area contributed by atoms with E-state index in [1.807, 2.05) is 59.3 Å². The number of imidazole rings is 1. The second-order valence-corrected chi connectivity index (χ2v) is 8.55. The lowest BCUT2D eigenvalue weighted by Crippen LogP contribution is -2.04. The van der Waals surface area contributed by atoms with E-state index in [2.05, 4.69) is 40.5 Å². The first kappa shape index (κ1) is 20.8. The van der Waals surface area contributed by atoms with Gasteiger partial charge in [-0.15, -0.1) is 17.8 Å². The third kappa shape index (κ3) is 4.32. The molecular weight excluding hydrogens is 428 g/mol. The summed E-state index contributed by atoms with van der Waals surface area (Å²) in [4.78, 5) is 10.3. The molecule has 0 saturated heterocycles. The number of nitrogens with zero attached hydrogens (tertiary/aromatic N) is 3. The van der Waals surface area contributed by atoms with Crippen LogP contribution in [0.5, 0.6) is 5.75 Å². The van der Waals surface area contributed by atoms with Crippen LogP contribution in [0.15, 0.2) is 72.2 Å². The standard InChI is InChI=1S/C21H18N4OS.C6H4/c1-4-16-10-12-27-19(16)18-20(25-11-9-14(2)23-21(25)24-18)22-13-15-5-7-17(26-3)8-6-15;1-2-5-4-6(5)3-1/h1,5-12,22H,13H2,2-3H3;1-4H. The second-order valence-electron chi connectivity index (χ2n) is 7.64. The van der Waals surface area contributed by atoms with E-state index < -0.39 is 0 Å². The number of thiophene rings is 1. The van der Waals surface area contributed by atoms with Crippen LogP contribution < -0.4 is 10.1 Å². The largest absolute Gasteiger partial charge is 0.497 e. The molecule has 5 nitrogen and oxygen atoms in total. The van der Waals surface area contributed by atoms with Gasteiger partial charge in [0.2, 0.25) is 5.78 Å². The Bertz CT molecular complexity index is 1460. The Kier molecular flexibility index (Phi) is 5.55. The minimum Gasteiger partial charge on any atom is -0.497 e. The molecular formula is C27H22N4OS. The van der Waals surface area contributed by atoms with Gasteiger partial charge in [0, 0.05) is 24.0 Å². The molecule has 0 bridgehead atoms. The van der Waals surface area contributed by atoms with Crippen molar-refractivity contribution in [3.63, 3.8) is 0 Å². The van der Waals surface area contributed by atoms with Gasteiger partial charge in [0.25, 0.3) is 0 Å². The molecule has 0 atom stereocenters. The molecule has 0 saturated carbocycles. The summed E-state index contributed by atoms with van der Waals surface area (Å²) in [6.45, 7) is 2.60. The van der Waals surface area contributed by atoms with Crippen molar-refractivity contribution in [2.45, 2.75) is 13.5 Å². The zero-order valence-electron chi connectivity index (χ0n) is 18.4. The zero-order chi connectivity index (χ0) is 22.8. The number of fused-ring (bicyclic) bond motifs is 2. The Balaban J connectivity index is 0.000000324. The van der Waals surface area contributed by atoms with Crippen LogP contribution in [0.25, 0.3) is 27.5 Å². The Morgan fingerprint density at radius 1 is 1.06 bits per heavy atom. The lowest BCUT2D eigenvalue weighted by Gasteiger charge is -2.09. The van der Waals surface area contributed by atoms with Crippen molar-refractivity contribution in [2.75, 3.05) is 12.4 Å². The first-order valence-electron chi connectivity index (χ1n) is 10.5. The number of aromatic nitrogens is 3. The molecule has 1 N–H and O–H groups in total. The molecule has 1 aromatic carbocycles. The van der Waals surface area contributed by atoms with Gasteiger partial charge >= 0.3 is 0 Å². The van der Waals surface area contributed by atoms with Crippen molar-refractivity contribution in [3.05, 3.63) is 89.1 Å². The van der Waals surface area contributed by atoms with E-state index in [1.54, 1.807) is 18.4 Å². The molecule has 3 heterocycles. The molecule has 162 valence electrons. The van der Waals surface area contributed by atoms with E-state index in [-0.39, 0.29) is 0 Å². The fourth-order valence-electron chi connectivity index (χ4n) is 3.56. The maximum atomic E-state index is 5.67. The van der Waals surface area contributed by atoms with E-state index in [1.165, 1.54) is 11.1 Å². The predicted octanol–water partition coefficient (Wildman–Crippen LogP) is 6.04.